The summed E-state index contributed by atoms with van der Waals surface area (Å²) in [5.41, 5.74) is 8.10. The monoisotopic (exact) mass is 408 g/mol. The van der Waals surface area contributed by atoms with Crippen LogP contribution in [-0.2, 0) is 11.3 Å². The van der Waals surface area contributed by atoms with Crippen LogP contribution in [0.25, 0.3) is 22.0 Å². The molecule has 2 heterocycles. The van der Waals surface area contributed by atoms with Crippen LogP contribution >= 0.6 is 12.6 Å². The highest BCUT2D eigenvalue weighted by Crippen LogP contribution is 2.35. The summed E-state index contributed by atoms with van der Waals surface area (Å²) in [5, 5.41) is 2.39. The van der Waals surface area contributed by atoms with Crippen LogP contribution in [0.2, 0.25) is 0 Å². The Hall–Kier alpha value is -2.31. The first kappa shape index (κ1) is 20.0. The number of carbonyl (C=O) groups is 1. The van der Waals surface area contributed by atoms with Crippen LogP contribution in [0.4, 0.5) is 0 Å². The van der Waals surface area contributed by atoms with Gasteiger partial charge in [-0.3, -0.25) is 4.79 Å². The van der Waals surface area contributed by atoms with E-state index in [1.807, 2.05) is 4.90 Å². The molecule has 1 aliphatic rings. The fraction of sp³-hybridized carbons (Fsp3) is 0.391. The summed E-state index contributed by atoms with van der Waals surface area (Å²) in [5.74, 6) is 1.70. The first-order valence-electron chi connectivity index (χ1n) is 10.2. The summed E-state index contributed by atoms with van der Waals surface area (Å²) in [6, 6.07) is 14.0. The quantitative estimate of drug-likeness (QED) is 0.630. The van der Waals surface area contributed by atoms with Crippen LogP contribution in [0, 0.1) is 5.92 Å². The van der Waals surface area contributed by atoms with Gasteiger partial charge in [-0.1, -0.05) is 56.3 Å². The number of rotatable bonds is 5. The Labute approximate surface area is 177 Å². The minimum Gasteiger partial charge on any atom is -0.331 e. The molecule has 2 atom stereocenters. The van der Waals surface area contributed by atoms with E-state index in [0.717, 1.165) is 30.0 Å². The van der Waals surface area contributed by atoms with E-state index in [-0.39, 0.29) is 11.9 Å². The average molecular weight is 409 g/mol. The van der Waals surface area contributed by atoms with Crippen LogP contribution in [-0.4, -0.2) is 38.7 Å². The third-order valence-electron chi connectivity index (χ3n) is 5.62. The van der Waals surface area contributed by atoms with Crippen LogP contribution in [0.5, 0.6) is 0 Å². The van der Waals surface area contributed by atoms with E-state index in [0.29, 0.717) is 18.2 Å². The van der Waals surface area contributed by atoms with Gasteiger partial charge in [0.2, 0.25) is 5.91 Å². The summed E-state index contributed by atoms with van der Waals surface area (Å²) in [7, 11) is 0. The lowest BCUT2D eigenvalue weighted by atomic mass is 9.99. The molecule has 0 bridgehead atoms. The highest BCUT2D eigenvalue weighted by molar-refractivity contribution is 7.80. The van der Waals surface area contributed by atoms with Gasteiger partial charge in [0.15, 0.2) is 0 Å². The van der Waals surface area contributed by atoms with Gasteiger partial charge in [0.05, 0.1) is 17.8 Å². The lowest BCUT2D eigenvalue weighted by Crippen LogP contribution is -2.50. The van der Waals surface area contributed by atoms with Crippen molar-refractivity contribution in [3.8, 4) is 11.3 Å². The molecule has 0 radical (unpaired) electrons. The van der Waals surface area contributed by atoms with E-state index in [1.165, 1.54) is 10.8 Å². The maximum absolute atomic E-state index is 12.9. The molecule has 5 nitrogen and oxygen atoms in total. The number of nitrogens with two attached hydrogens (primary N) is 1. The molecule has 0 unspecified atom stereocenters. The Morgan fingerprint density at radius 3 is 2.72 bits per heavy atom. The van der Waals surface area contributed by atoms with E-state index < -0.39 is 6.04 Å². The molecule has 2 aromatic carbocycles. The topological polar surface area (TPSA) is 64.2 Å². The van der Waals surface area contributed by atoms with Crippen molar-refractivity contribution in [2.75, 3.05) is 12.3 Å². The molecule has 0 saturated carbocycles. The number of fused-ring (bicyclic) bond motifs is 2. The van der Waals surface area contributed by atoms with Crippen LogP contribution in [0.1, 0.15) is 32.1 Å². The first-order valence-corrected chi connectivity index (χ1v) is 10.8. The Morgan fingerprint density at radius 1 is 1.21 bits per heavy atom. The number of hydrogen-bond donors (Lipinski definition) is 2. The van der Waals surface area contributed by atoms with Gasteiger partial charge in [-0.15, -0.1) is 0 Å². The van der Waals surface area contributed by atoms with Gasteiger partial charge >= 0.3 is 0 Å². The number of carbonyl (C=O) groups excluding carboxylic acids is 1. The lowest BCUT2D eigenvalue weighted by molar-refractivity contribution is -0.136. The third-order valence-corrected chi connectivity index (χ3v) is 6.01. The molecule has 0 fully saturated rings. The number of nitrogens with zero attached hydrogens (tertiary/aromatic N) is 3. The van der Waals surface area contributed by atoms with Crippen molar-refractivity contribution in [3.05, 3.63) is 54.5 Å². The van der Waals surface area contributed by atoms with E-state index >= 15 is 0 Å². The smallest absolute Gasteiger partial charge is 0.241 e. The van der Waals surface area contributed by atoms with Crippen molar-refractivity contribution in [2.45, 2.75) is 38.9 Å². The largest absolute Gasteiger partial charge is 0.331 e. The molecule has 4 rings (SSSR count). The molecule has 2 N–H and O–H groups in total. The maximum Gasteiger partial charge on any atom is 0.241 e. The van der Waals surface area contributed by atoms with Crippen molar-refractivity contribution in [3.63, 3.8) is 0 Å². The second-order valence-electron chi connectivity index (χ2n) is 8.17. The molecule has 1 aliphatic heterocycles. The fourth-order valence-corrected chi connectivity index (χ4v) is 4.35. The SMILES string of the molecule is CC(C)C[C@H]1c2nc(-c3cccc4ccccc34)cn2CCN1C(=O)[C@H](N)CS. The molecule has 152 valence electrons. The van der Waals surface area contributed by atoms with Gasteiger partial charge in [0.1, 0.15) is 5.82 Å². The van der Waals surface area contributed by atoms with Crippen molar-refractivity contribution >= 4 is 29.3 Å². The Balaban J connectivity index is 1.77. The lowest BCUT2D eigenvalue weighted by Gasteiger charge is -2.38. The summed E-state index contributed by atoms with van der Waals surface area (Å²) in [6.07, 6.45) is 2.99. The Kier molecular flexibility index (Phi) is 5.65. The molecule has 29 heavy (non-hydrogen) atoms. The normalized spacial score (nSPS) is 17.6. The van der Waals surface area contributed by atoms with Crippen molar-refractivity contribution in [1.82, 2.24) is 14.5 Å². The predicted octanol–water partition coefficient (Wildman–Crippen LogP) is 3.89. The minimum absolute atomic E-state index is 0.0355. The molecule has 3 aromatic rings. The highest BCUT2D eigenvalue weighted by atomic mass is 32.1. The van der Waals surface area contributed by atoms with E-state index in [2.05, 4.69) is 79.7 Å². The molecular weight excluding hydrogens is 380 g/mol. The predicted molar refractivity (Wildman–Crippen MR) is 121 cm³/mol. The van der Waals surface area contributed by atoms with E-state index in [1.54, 1.807) is 0 Å². The number of thiol groups is 1. The fourth-order valence-electron chi connectivity index (χ4n) is 4.20. The maximum atomic E-state index is 12.9. The van der Waals surface area contributed by atoms with Crippen LogP contribution < -0.4 is 5.73 Å². The number of amides is 1. The zero-order valence-corrected chi connectivity index (χ0v) is 17.8. The van der Waals surface area contributed by atoms with Crippen LogP contribution in [0.15, 0.2) is 48.7 Å². The number of benzene rings is 2. The second kappa shape index (κ2) is 8.20. The molecule has 0 aliphatic carbocycles. The summed E-state index contributed by atoms with van der Waals surface area (Å²) < 4.78 is 2.21. The molecular formula is C23H28N4OS. The number of aromatic nitrogens is 2. The first-order chi connectivity index (χ1) is 14.0. The molecule has 1 aromatic heterocycles. The van der Waals surface area contributed by atoms with Crippen molar-refractivity contribution < 1.29 is 4.79 Å². The zero-order chi connectivity index (χ0) is 20.5. The molecule has 1 amide bonds. The van der Waals surface area contributed by atoms with Gasteiger partial charge in [-0.2, -0.15) is 12.6 Å². The summed E-state index contributed by atoms with van der Waals surface area (Å²) in [4.78, 5) is 19.8. The van der Waals surface area contributed by atoms with Crippen molar-refractivity contribution in [2.24, 2.45) is 11.7 Å². The van der Waals surface area contributed by atoms with Crippen molar-refractivity contribution in [1.29, 1.82) is 0 Å². The Morgan fingerprint density at radius 2 is 1.97 bits per heavy atom. The van der Waals surface area contributed by atoms with Gasteiger partial charge < -0.3 is 15.2 Å². The summed E-state index contributed by atoms with van der Waals surface area (Å²) >= 11 is 4.22. The molecule has 0 spiro atoms. The van der Waals surface area contributed by atoms with Gasteiger partial charge in [-0.25, -0.2) is 4.98 Å². The number of imidazole rings is 1. The summed E-state index contributed by atoms with van der Waals surface area (Å²) in [6.45, 7) is 5.73. The third kappa shape index (κ3) is 3.79. The van der Waals surface area contributed by atoms with E-state index in [9.17, 15) is 4.79 Å². The van der Waals surface area contributed by atoms with Crippen LogP contribution in [0.3, 0.4) is 0 Å². The van der Waals surface area contributed by atoms with Gasteiger partial charge in [0.25, 0.3) is 0 Å². The van der Waals surface area contributed by atoms with E-state index in [4.69, 9.17) is 10.7 Å². The molecule has 6 heteroatoms. The zero-order valence-electron chi connectivity index (χ0n) is 17.0. The average Bonchev–Trinajstić information content (AvgIpc) is 3.16. The molecule has 0 saturated heterocycles. The second-order valence-corrected chi connectivity index (χ2v) is 8.54. The standard InChI is InChI=1S/C23H28N4OS/c1-15(2)12-21-22-25-20(18-9-5-7-16-6-3-4-8-17(16)18)13-26(22)10-11-27(21)23(28)19(24)14-29/h3-9,13,15,19,21,29H,10-12,14,24H2,1-2H3/t19-,21+/m1/s1. The highest BCUT2D eigenvalue weighted by Gasteiger charge is 2.35. The van der Waals surface area contributed by atoms with Gasteiger partial charge in [-0.05, 0) is 23.1 Å². The minimum atomic E-state index is -0.577. The Bertz CT molecular complexity index is 1020. The van der Waals surface area contributed by atoms with Gasteiger partial charge in [0, 0.05) is 30.6 Å². The number of hydrogen-bond acceptors (Lipinski definition) is 4.